The SMILES string of the molecule is O=C(Nc1ccc(Br)cc1C(F)(F)F)N1CCCCCC1. The van der Waals surface area contributed by atoms with Gasteiger partial charge in [0.1, 0.15) is 0 Å². The molecule has 0 aromatic heterocycles. The van der Waals surface area contributed by atoms with Crippen LogP contribution in [-0.2, 0) is 6.18 Å². The summed E-state index contributed by atoms with van der Waals surface area (Å²) in [4.78, 5) is 13.7. The average Bonchev–Trinajstić information content (AvgIpc) is 2.68. The van der Waals surface area contributed by atoms with Crippen LogP contribution in [0.4, 0.5) is 23.7 Å². The fourth-order valence-corrected chi connectivity index (χ4v) is 2.69. The average molecular weight is 365 g/mol. The molecule has 1 aliphatic rings. The molecule has 116 valence electrons. The lowest BCUT2D eigenvalue weighted by molar-refractivity contribution is -0.137. The van der Waals surface area contributed by atoms with Crippen molar-refractivity contribution in [3.8, 4) is 0 Å². The minimum absolute atomic E-state index is 0.208. The van der Waals surface area contributed by atoms with E-state index in [4.69, 9.17) is 0 Å². The fraction of sp³-hybridized carbons (Fsp3) is 0.500. The second kappa shape index (κ2) is 6.68. The van der Waals surface area contributed by atoms with Gasteiger partial charge in [-0.1, -0.05) is 28.8 Å². The summed E-state index contributed by atoms with van der Waals surface area (Å²) in [6.45, 7) is 1.17. The van der Waals surface area contributed by atoms with Crippen LogP contribution in [0.15, 0.2) is 22.7 Å². The lowest BCUT2D eigenvalue weighted by Crippen LogP contribution is -2.36. The molecule has 1 N–H and O–H groups in total. The quantitative estimate of drug-likeness (QED) is 0.756. The second-order valence-corrected chi connectivity index (χ2v) is 5.93. The third-order valence-corrected chi connectivity index (χ3v) is 3.92. The molecule has 1 heterocycles. The topological polar surface area (TPSA) is 32.3 Å². The van der Waals surface area contributed by atoms with Crippen molar-refractivity contribution in [3.63, 3.8) is 0 Å². The molecule has 21 heavy (non-hydrogen) atoms. The van der Waals surface area contributed by atoms with E-state index in [-0.39, 0.29) is 5.69 Å². The van der Waals surface area contributed by atoms with E-state index in [2.05, 4.69) is 21.2 Å². The molecule has 2 rings (SSSR count). The molecule has 0 radical (unpaired) electrons. The molecule has 0 spiro atoms. The van der Waals surface area contributed by atoms with Crippen LogP contribution < -0.4 is 5.32 Å². The molecule has 1 fully saturated rings. The van der Waals surface area contributed by atoms with Crippen molar-refractivity contribution in [1.82, 2.24) is 4.90 Å². The highest BCUT2D eigenvalue weighted by molar-refractivity contribution is 9.10. The third-order valence-electron chi connectivity index (χ3n) is 3.42. The molecular weight excluding hydrogens is 349 g/mol. The molecule has 1 aromatic carbocycles. The first-order valence-corrected chi connectivity index (χ1v) is 7.60. The number of amides is 2. The highest BCUT2D eigenvalue weighted by atomic mass is 79.9. The zero-order valence-corrected chi connectivity index (χ0v) is 12.9. The van der Waals surface area contributed by atoms with Crippen LogP contribution in [0.5, 0.6) is 0 Å². The number of nitrogens with one attached hydrogen (secondary N) is 1. The Morgan fingerprint density at radius 3 is 2.33 bits per heavy atom. The van der Waals surface area contributed by atoms with E-state index in [1.54, 1.807) is 4.90 Å². The minimum atomic E-state index is -4.51. The monoisotopic (exact) mass is 364 g/mol. The Labute approximate surface area is 129 Å². The first-order valence-electron chi connectivity index (χ1n) is 6.80. The molecule has 1 aromatic rings. The van der Waals surface area contributed by atoms with Gasteiger partial charge in [0.25, 0.3) is 0 Å². The number of carbonyl (C=O) groups is 1. The van der Waals surface area contributed by atoms with Gasteiger partial charge in [0.15, 0.2) is 0 Å². The molecule has 0 unspecified atom stereocenters. The van der Waals surface area contributed by atoms with Crippen LogP contribution in [0.2, 0.25) is 0 Å². The maximum atomic E-state index is 13.0. The molecule has 1 saturated heterocycles. The molecular formula is C14H16BrF3N2O. The number of carbonyl (C=O) groups excluding carboxylic acids is 1. The molecule has 0 bridgehead atoms. The molecule has 2 amide bonds. The van der Waals surface area contributed by atoms with Crippen LogP contribution in [-0.4, -0.2) is 24.0 Å². The van der Waals surface area contributed by atoms with Gasteiger partial charge in [-0.2, -0.15) is 13.2 Å². The summed E-state index contributed by atoms with van der Waals surface area (Å²) in [7, 11) is 0. The van der Waals surface area contributed by atoms with E-state index in [0.717, 1.165) is 31.7 Å². The van der Waals surface area contributed by atoms with Gasteiger partial charge < -0.3 is 10.2 Å². The van der Waals surface area contributed by atoms with Gasteiger partial charge in [-0.3, -0.25) is 0 Å². The Hall–Kier alpha value is -1.24. The van der Waals surface area contributed by atoms with Crippen molar-refractivity contribution in [3.05, 3.63) is 28.2 Å². The summed E-state index contributed by atoms with van der Waals surface area (Å²) in [5, 5.41) is 2.39. The van der Waals surface area contributed by atoms with Crippen LogP contribution >= 0.6 is 15.9 Å². The van der Waals surface area contributed by atoms with E-state index in [9.17, 15) is 18.0 Å². The highest BCUT2D eigenvalue weighted by Crippen LogP contribution is 2.36. The number of likely N-dealkylation sites (tertiary alicyclic amines) is 1. The number of anilines is 1. The lowest BCUT2D eigenvalue weighted by atomic mass is 10.1. The fourth-order valence-electron chi connectivity index (χ4n) is 2.33. The van der Waals surface area contributed by atoms with Crippen molar-refractivity contribution >= 4 is 27.6 Å². The van der Waals surface area contributed by atoms with Crippen LogP contribution in [0.3, 0.4) is 0 Å². The number of urea groups is 1. The number of hydrogen-bond donors (Lipinski definition) is 1. The third kappa shape index (κ3) is 4.36. The van der Waals surface area contributed by atoms with Gasteiger partial charge in [-0.25, -0.2) is 4.79 Å². The van der Waals surface area contributed by atoms with Crippen molar-refractivity contribution in [2.45, 2.75) is 31.9 Å². The van der Waals surface area contributed by atoms with Crippen molar-refractivity contribution in [2.75, 3.05) is 18.4 Å². The minimum Gasteiger partial charge on any atom is -0.325 e. The van der Waals surface area contributed by atoms with E-state index < -0.39 is 17.8 Å². The normalized spacial score (nSPS) is 16.5. The maximum absolute atomic E-state index is 13.0. The second-order valence-electron chi connectivity index (χ2n) is 5.02. The predicted molar refractivity (Wildman–Crippen MR) is 78.2 cm³/mol. The van der Waals surface area contributed by atoms with Crippen molar-refractivity contribution in [1.29, 1.82) is 0 Å². The standard InChI is InChI=1S/C14H16BrF3N2O/c15-10-5-6-12(11(9-10)14(16,17)18)19-13(21)20-7-3-1-2-4-8-20/h5-6,9H,1-4,7-8H2,(H,19,21). The summed E-state index contributed by atoms with van der Waals surface area (Å²) in [6.07, 6.45) is -0.628. The first-order chi connectivity index (χ1) is 9.88. The molecule has 1 aliphatic heterocycles. The Morgan fingerprint density at radius 2 is 1.76 bits per heavy atom. The summed E-state index contributed by atoms with van der Waals surface area (Å²) in [5.74, 6) is 0. The van der Waals surface area contributed by atoms with Gasteiger partial charge in [-0.05, 0) is 31.0 Å². The van der Waals surface area contributed by atoms with Crippen LogP contribution in [0, 0.1) is 0 Å². The van der Waals surface area contributed by atoms with Gasteiger partial charge in [0.05, 0.1) is 11.3 Å². The van der Waals surface area contributed by atoms with E-state index in [1.165, 1.54) is 12.1 Å². The Morgan fingerprint density at radius 1 is 1.14 bits per heavy atom. The molecule has 0 atom stereocenters. The number of benzene rings is 1. The van der Waals surface area contributed by atoms with Crippen LogP contribution in [0.1, 0.15) is 31.2 Å². The van der Waals surface area contributed by atoms with Crippen molar-refractivity contribution in [2.24, 2.45) is 0 Å². The van der Waals surface area contributed by atoms with Gasteiger partial charge in [-0.15, -0.1) is 0 Å². The Kier molecular flexibility index (Phi) is 5.13. The van der Waals surface area contributed by atoms with Gasteiger partial charge in [0.2, 0.25) is 0 Å². The maximum Gasteiger partial charge on any atom is 0.418 e. The van der Waals surface area contributed by atoms with E-state index >= 15 is 0 Å². The Bertz CT molecular complexity index is 511. The Balaban J connectivity index is 2.17. The smallest absolute Gasteiger partial charge is 0.325 e. The van der Waals surface area contributed by atoms with E-state index in [1.807, 2.05) is 0 Å². The van der Waals surface area contributed by atoms with E-state index in [0.29, 0.717) is 17.6 Å². The highest BCUT2D eigenvalue weighted by Gasteiger charge is 2.34. The largest absolute Gasteiger partial charge is 0.418 e. The summed E-state index contributed by atoms with van der Waals surface area (Å²) in [5.41, 5.74) is -1.06. The molecule has 0 aliphatic carbocycles. The van der Waals surface area contributed by atoms with Crippen LogP contribution in [0.25, 0.3) is 0 Å². The summed E-state index contributed by atoms with van der Waals surface area (Å²) >= 11 is 3.02. The number of hydrogen-bond acceptors (Lipinski definition) is 1. The van der Waals surface area contributed by atoms with Gasteiger partial charge >= 0.3 is 12.2 Å². The van der Waals surface area contributed by atoms with Gasteiger partial charge in [0, 0.05) is 17.6 Å². The predicted octanol–water partition coefficient (Wildman–Crippen LogP) is 4.88. The number of nitrogens with zero attached hydrogens (tertiary/aromatic N) is 1. The zero-order valence-electron chi connectivity index (χ0n) is 11.3. The number of alkyl halides is 3. The first kappa shape index (κ1) is 16.1. The molecule has 0 saturated carbocycles. The molecule has 7 heteroatoms. The summed E-state index contributed by atoms with van der Waals surface area (Å²) in [6, 6.07) is 3.25. The number of halogens is 4. The molecule has 3 nitrogen and oxygen atoms in total. The lowest BCUT2D eigenvalue weighted by Gasteiger charge is -2.22. The summed E-state index contributed by atoms with van der Waals surface area (Å²) < 4.78 is 39.3. The number of rotatable bonds is 1. The van der Waals surface area contributed by atoms with Crippen molar-refractivity contribution < 1.29 is 18.0 Å². The zero-order chi connectivity index (χ0) is 15.5.